The molecule has 1 nitrogen and oxygen atoms in total. The molecule has 8 rings (SSSR count). The Balaban J connectivity index is 1.44. The predicted octanol–water partition coefficient (Wildman–Crippen LogP) is 9.04. The molecule has 0 unspecified atom stereocenters. The van der Waals surface area contributed by atoms with Gasteiger partial charge in [0.25, 0.3) is 0 Å². The van der Waals surface area contributed by atoms with E-state index >= 15 is 4.57 Å². The van der Waals surface area contributed by atoms with E-state index in [0.29, 0.717) is 0 Å². The normalized spacial score (nSPS) is 12.1. The van der Waals surface area contributed by atoms with Crippen molar-refractivity contribution in [3.8, 4) is 11.1 Å². The molecule has 0 heterocycles. The summed E-state index contributed by atoms with van der Waals surface area (Å²) in [6, 6.07) is 52.6. The van der Waals surface area contributed by atoms with Crippen molar-refractivity contribution in [3.63, 3.8) is 0 Å². The van der Waals surface area contributed by atoms with Gasteiger partial charge in [-0.3, -0.25) is 0 Å². The maximum atomic E-state index is 15.3. The van der Waals surface area contributed by atoms with Gasteiger partial charge < -0.3 is 4.57 Å². The third-order valence-corrected chi connectivity index (χ3v) is 11.4. The molecule has 188 valence electrons. The minimum atomic E-state index is -3.13. The minimum absolute atomic E-state index is 0.849. The van der Waals surface area contributed by atoms with E-state index in [-0.39, 0.29) is 0 Å². The van der Waals surface area contributed by atoms with Crippen molar-refractivity contribution in [2.24, 2.45) is 0 Å². The summed E-state index contributed by atoms with van der Waals surface area (Å²) in [5, 5.41) is 12.4. The molecule has 0 saturated heterocycles. The summed E-state index contributed by atoms with van der Waals surface area (Å²) in [4.78, 5) is 0. The first kappa shape index (κ1) is 23.2. The van der Waals surface area contributed by atoms with Crippen LogP contribution in [0.4, 0.5) is 0 Å². The smallest absolute Gasteiger partial charge is 0.171 e. The van der Waals surface area contributed by atoms with Gasteiger partial charge in [-0.25, -0.2) is 0 Å². The average molecular weight is 529 g/mol. The maximum Gasteiger partial charge on any atom is 0.171 e. The van der Waals surface area contributed by atoms with E-state index in [2.05, 4.69) is 91.0 Å². The fourth-order valence-electron chi connectivity index (χ4n) is 6.48. The Morgan fingerprint density at radius 2 is 0.875 bits per heavy atom. The lowest BCUT2D eigenvalue weighted by molar-refractivity contribution is 0.592. The van der Waals surface area contributed by atoms with Crippen LogP contribution in [0.15, 0.2) is 152 Å². The second-order valence-corrected chi connectivity index (χ2v) is 13.2. The summed E-state index contributed by atoms with van der Waals surface area (Å²) in [7, 11) is -3.13. The van der Waals surface area contributed by atoms with Crippen LogP contribution in [0.1, 0.15) is 0 Å². The Morgan fingerprint density at radius 3 is 1.57 bits per heavy atom. The molecule has 40 heavy (non-hydrogen) atoms. The third kappa shape index (κ3) is 3.32. The molecule has 2 heteroatoms. The molecular weight excluding hydrogens is 503 g/mol. The molecule has 0 atom stereocenters. The Hall–Kier alpha value is -4.71. The molecule has 8 aromatic rings. The van der Waals surface area contributed by atoms with Gasteiger partial charge in [-0.15, -0.1) is 0 Å². The van der Waals surface area contributed by atoms with Gasteiger partial charge in [-0.1, -0.05) is 152 Å². The topological polar surface area (TPSA) is 17.1 Å². The molecule has 0 N–H and O–H groups in total. The van der Waals surface area contributed by atoms with Crippen molar-refractivity contribution < 1.29 is 4.57 Å². The highest BCUT2D eigenvalue weighted by Gasteiger charge is 2.31. The van der Waals surface area contributed by atoms with Gasteiger partial charge >= 0.3 is 0 Å². The fourth-order valence-corrected chi connectivity index (χ4v) is 9.34. The largest absolute Gasteiger partial charge is 0.309 e. The van der Waals surface area contributed by atoms with Crippen molar-refractivity contribution in [2.75, 3.05) is 0 Å². The minimum Gasteiger partial charge on any atom is -0.309 e. The lowest BCUT2D eigenvalue weighted by Crippen LogP contribution is -2.25. The van der Waals surface area contributed by atoms with E-state index in [4.69, 9.17) is 0 Å². The molecule has 0 aliphatic heterocycles. The summed E-state index contributed by atoms with van der Waals surface area (Å²) in [5.74, 6) is 0. The third-order valence-electron chi connectivity index (χ3n) is 8.30. The monoisotopic (exact) mass is 528 g/mol. The van der Waals surface area contributed by atoms with Crippen LogP contribution in [0, 0.1) is 0 Å². The predicted molar refractivity (Wildman–Crippen MR) is 172 cm³/mol. The van der Waals surface area contributed by atoms with Crippen molar-refractivity contribution in [1.82, 2.24) is 0 Å². The highest BCUT2D eigenvalue weighted by Crippen LogP contribution is 2.46. The quantitative estimate of drug-likeness (QED) is 0.165. The van der Waals surface area contributed by atoms with Crippen molar-refractivity contribution in [1.29, 1.82) is 0 Å². The molecule has 0 aliphatic rings. The van der Waals surface area contributed by atoms with E-state index in [1.165, 1.54) is 37.9 Å². The molecule has 0 radical (unpaired) electrons. The number of fused-ring (bicyclic) bond motifs is 1. The maximum absolute atomic E-state index is 15.3. The van der Waals surface area contributed by atoms with Crippen LogP contribution in [0.2, 0.25) is 0 Å². The van der Waals surface area contributed by atoms with Crippen LogP contribution in [0.5, 0.6) is 0 Å². The van der Waals surface area contributed by atoms with E-state index in [1.807, 2.05) is 60.7 Å². The Bertz CT molecular complexity index is 2170. The highest BCUT2D eigenvalue weighted by atomic mass is 31.2. The standard InChI is InChI=1S/C38H25OP/c39-40(29-12-3-1-4-13-29,30-14-5-2-6-15-30)36-19-9-17-32-31(16-8-18-34(32)36)33-24-22-28-21-20-26-10-7-11-27-23-25-35(33)38(28)37(26)27/h1-25H. The number of hydrogen-bond donors (Lipinski definition) is 0. The SMILES string of the molecule is O=P(c1ccccc1)(c1ccccc1)c1cccc2c(-c3ccc4ccc5cccc6ccc3c4c56)cccc12. The van der Waals surface area contributed by atoms with E-state index in [0.717, 1.165) is 32.2 Å². The Kier molecular flexibility index (Phi) is 5.17. The van der Waals surface area contributed by atoms with Gasteiger partial charge in [0, 0.05) is 15.9 Å². The van der Waals surface area contributed by atoms with E-state index in [1.54, 1.807) is 0 Å². The van der Waals surface area contributed by atoms with Crippen LogP contribution in [-0.4, -0.2) is 0 Å². The zero-order valence-corrected chi connectivity index (χ0v) is 22.7. The van der Waals surface area contributed by atoms with Crippen LogP contribution in [0.25, 0.3) is 54.2 Å². The molecule has 0 aliphatic carbocycles. The second kappa shape index (κ2) is 8.91. The number of benzene rings is 8. The molecule has 0 saturated carbocycles. The van der Waals surface area contributed by atoms with Gasteiger partial charge in [0.05, 0.1) is 0 Å². The number of rotatable bonds is 4. The van der Waals surface area contributed by atoms with Crippen molar-refractivity contribution >= 4 is 66.1 Å². The van der Waals surface area contributed by atoms with Gasteiger partial charge in [-0.05, 0) is 54.2 Å². The molecule has 8 aromatic carbocycles. The van der Waals surface area contributed by atoms with Crippen molar-refractivity contribution in [2.45, 2.75) is 0 Å². The van der Waals surface area contributed by atoms with Crippen LogP contribution in [-0.2, 0) is 4.57 Å². The summed E-state index contributed by atoms with van der Waals surface area (Å²) < 4.78 is 15.3. The molecule has 0 fully saturated rings. The second-order valence-electron chi connectivity index (χ2n) is 10.4. The van der Waals surface area contributed by atoms with Gasteiger partial charge in [0.1, 0.15) is 0 Å². The lowest BCUT2D eigenvalue weighted by atomic mass is 9.88. The first-order valence-corrected chi connectivity index (χ1v) is 15.3. The van der Waals surface area contributed by atoms with E-state index < -0.39 is 7.14 Å². The Morgan fingerprint density at radius 1 is 0.350 bits per heavy atom. The molecule has 0 bridgehead atoms. The van der Waals surface area contributed by atoms with Crippen LogP contribution in [0.3, 0.4) is 0 Å². The number of hydrogen-bond acceptors (Lipinski definition) is 1. The van der Waals surface area contributed by atoms with Crippen LogP contribution < -0.4 is 15.9 Å². The molecular formula is C38H25OP. The summed E-state index contributed by atoms with van der Waals surface area (Å²) in [6.07, 6.45) is 0. The average Bonchev–Trinajstić information content (AvgIpc) is 3.03. The van der Waals surface area contributed by atoms with Gasteiger partial charge in [-0.2, -0.15) is 0 Å². The van der Waals surface area contributed by atoms with E-state index in [9.17, 15) is 0 Å². The highest BCUT2D eigenvalue weighted by molar-refractivity contribution is 7.85. The first-order valence-electron chi connectivity index (χ1n) is 13.6. The summed E-state index contributed by atoms with van der Waals surface area (Å²) >= 11 is 0. The zero-order valence-electron chi connectivity index (χ0n) is 21.8. The van der Waals surface area contributed by atoms with Crippen molar-refractivity contribution in [3.05, 3.63) is 152 Å². The van der Waals surface area contributed by atoms with Crippen LogP contribution >= 0.6 is 7.14 Å². The van der Waals surface area contributed by atoms with Gasteiger partial charge in [0.15, 0.2) is 7.14 Å². The van der Waals surface area contributed by atoms with Gasteiger partial charge in [0.2, 0.25) is 0 Å². The lowest BCUT2D eigenvalue weighted by Gasteiger charge is -2.22. The first-order chi connectivity index (χ1) is 19.7. The molecule has 0 aromatic heterocycles. The Labute approximate surface area is 233 Å². The fraction of sp³-hybridized carbons (Fsp3) is 0. The molecule has 0 spiro atoms. The molecule has 0 amide bonds. The zero-order chi connectivity index (χ0) is 26.7. The summed E-state index contributed by atoms with van der Waals surface area (Å²) in [5.41, 5.74) is 2.35. The summed E-state index contributed by atoms with van der Waals surface area (Å²) in [6.45, 7) is 0.